The molecule has 0 aliphatic rings. The third-order valence-corrected chi connectivity index (χ3v) is 4.35. The van der Waals surface area contributed by atoms with Gasteiger partial charge in [-0.25, -0.2) is 13.1 Å². The van der Waals surface area contributed by atoms with Crippen molar-refractivity contribution < 1.29 is 13.2 Å². The topological polar surface area (TPSA) is 81.4 Å². The lowest BCUT2D eigenvalue weighted by atomic mass is 10.1. The number of aryl methyl sites for hydroxylation is 1. The number of nitrogens with two attached hydrogens (primary N) is 1. The van der Waals surface area contributed by atoms with E-state index in [0.29, 0.717) is 13.2 Å². The molecule has 0 aromatic heterocycles. The average Bonchev–Trinajstić information content (AvgIpc) is 2.43. The lowest BCUT2D eigenvalue weighted by molar-refractivity contribution is 0.133. The fourth-order valence-corrected chi connectivity index (χ4v) is 3.06. The summed E-state index contributed by atoms with van der Waals surface area (Å²) >= 11 is 0. The highest BCUT2D eigenvalue weighted by atomic mass is 32.2. The molecule has 0 aliphatic heterocycles. The maximum atomic E-state index is 12.3. The van der Waals surface area contributed by atoms with E-state index in [1.807, 2.05) is 13.8 Å². The Labute approximate surface area is 126 Å². The summed E-state index contributed by atoms with van der Waals surface area (Å²) in [5, 5.41) is 0. The monoisotopic (exact) mass is 310 g/mol. The van der Waals surface area contributed by atoms with E-state index in [9.17, 15) is 8.42 Å². The Morgan fingerprint density at radius 3 is 2.71 bits per heavy atom. The molecule has 0 bridgehead atoms. The molecular weight excluding hydrogens is 288 g/mol. The summed E-state index contributed by atoms with van der Waals surface area (Å²) in [7, 11) is -3.55. The van der Waals surface area contributed by atoms with Gasteiger partial charge in [0.05, 0.1) is 18.0 Å². The Morgan fingerprint density at radius 2 is 2.14 bits per heavy atom. The predicted molar refractivity (Wildman–Crippen MR) is 83.4 cm³/mol. The fraction of sp³-hybridized carbons (Fsp3) is 0.467. The number of sulfonamides is 1. The van der Waals surface area contributed by atoms with Gasteiger partial charge in [0.25, 0.3) is 0 Å². The first-order valence-corrected chi connectivity index (χ1v) is 8.28. The van der Waals surface area contributed by atoms with Gasteiger partial charge in [-0.3, -0.25) is 0 Å². The quantitative estimate of drug-likeness (QED) is 0.768. The van der Waals surface area contributed by atoms with Gasteiger partial charge in [-0.05, 0) is 44.5 Å². The summed E-state index contributed by atoms with van der Waals surface area (Å²) in [6.07, 6.45) is 0. The maximum Gasteiger partial charge on any atom is 0.240 e. The molecule has 0 radical (unpaired) electrons. The average molecular weight is 310 g/mol. The number of ether oxygens (including phenoxy) is 1. The van der Waals surface area contributed by atoms with E-state index in [2.05, 4.69) is 16.6 Å². The van der Waals surface area contributed by atoms with Crippen LogP contribution < -0.4 is 10.5 Å². The molecule has 0 saturated carbocycles. The molecule has 1 aromatic carbocycles. The van der Waals surface area contributed by atoms with Crippen LogP contribution in [0.3, 0.4) is 0 Å². The molecular formula is C15H22N2O3S. The summed E-state index contributed by atoms with van der Waals surface area (Å²) in [6.45, 7) is 6.63. The van der Waals surface area contributed by atoms with Gasteiger partial charge in [-0.15, -0.1) is 0 Å². The summed E-state index contributed by atoms with van der Waals surface area (Å²) in [5.41, 5.74) is 6.91. The van der Waals surface area contributed by atoms with E-state index in [1.165, 1.54) is 0 Å². The molecule has 0 aliphatic carbocycles. The fourth-order valence-electron chi connectivity index (χ4n) is 1.75. The van der Waals surface area contributed by atoms with Crippen LogP contribution in [-0.4, -0.2) is 34.2 Å². The van der Waals surface area contributed by atoms with Gasteiger partial charge in [0.15, 0.2) is 0 Å². The van der Waals surface area contributed by atoms with Gasteiger partial charge >= 0.3 is 0 Å². The zero-order chi connectivity index (χ0) is 15.9. The van der Waals surface area contributed by atoms with Crippen molar-refractivity contribution in [3.63, 3.8) is 0 Å². The molecule has 1 unspecified atom stereocenters. The number of hydrogen-bond acceptors (Lipinski definition) is 4. The molecule has 3 N–H and O–H groups in total. The van der Waals surface area contributed by atoms with Crippen molar-refractivity contribution >= 4 is 10.0 Å². The number of hydrogen-bond donors (Lipinski definition) is 2. The lowest BCUT2D eigenvalue weighted by Gasteiger charge is -2.14. The molecule has 5 nitrogen and oxygen atoms in total. The van der Waals surface area contributed by atoms with E-state index in [0.717, 1.165) is 11.1 Å². The molecule has 0 spiro atoms. The zero-order valence-corrected chi connectivity index (χ0v) is 13.5. The van der Waals surface area contributed by atoms with Gasteiger partial charge in [-0.2, -0.15) is 0 Å². The Morgan fingerprint density at radius 1 is 1.43 bits per heavy atom. The first-order chi connectivity index (χ1) is 9.90. The van der Waals surface area contributed by atoms with Gasteiger partial charge in [-0.1, -0.05) is 11.8 Å². The van der Waals surface area contributed by atoms with Crippen molar-refractivity contribution in [1.82, 2.24) is 4.72 Å². The Hall–Kier alpha value is -1.39. The summed E-state index contributed by atoms with van der Waals surface area (Å²) in [4.78, 5) is 0.224. The molecule has 116 valence electrons. The Bertz CT molecular complexity index is 630. The van der Waals surface area contributed by atoms with Crippen molar-refractivity contribution in [1.29, 1.82) is 0 Å². The SMILES string of the molecule is CCOCC(C)NS(=O)(=O)c1ccc(C#CCN)c(C)c1. The second-order valence-corrected chi connectivity index (χ2v) is 6.38. The largest absolute Gasteiger partial charge is 0.380 e. The molecule has 6 heteroatoms. The normalized spacial score (nSPS) is 12.6. The van der Waals surface area contributed by atoms with Gasteiger partial charge in [0, 0.05) is 18.2 Å². The molecule has 1 aromatic rings. The zero-order valence-electron chi connectivity index (χ0n) is 12.6. The second-order valence-electron chi connectivity index (χ2n) is 4.66. The summed E-state index contributed by atoms with van der Waals surface area (Å²) in [5.74, 6) is 5.66. The van der Waals surface area contributed by atoms with Crippen molar-refractivity contribution in [3.8, 4) is 11.8 Å². The maximum absolute atomic E-state index is 12.3. The molecule has 0 saturated heterocycles. The van der Waals surface area contributed by atoms with Crippen molar-refractivity contribution in [3.05, 3.63) is 29.3 Å². The first-order valence-electron chi connectivity index (χ1n) is 6.80. The third-order valence-electron chi connectivity index (χ3n) is 2.76. The molecule has 21 heavy (non-hydrogen) atoms. The van der Waals surface area contributed by atoms with Crippen LogP contribution in [0.15, 0.2) is 23.1 Å². The molecule has 1 atom stereocenters. The van der Waals surface area contributed by atoms with Crippen molar-refractivity contribution in [2.45, 2.75) is 31.7 Å². The minimum Gasteiger partial charge on any atom is -0.380 e. The minimum atomic E-state index is -3.55. The molecule has 0 fully saturated rings. The van der Waals surface area contributed by atoms with E-state index < -0.39 is 10.0 Å². The predicted octanol–water partition coefficient (Wildman–Crippen LogP) is 1.01. The van der Waals surface area contributed by atoms with Crippen LogP contribution in [0.1, 0.15) is 25.0 Å². The highest BCUT2D eigenvalue weighted by Crippen LogP contribution is 2.15. The van der Waals surface area contributed by atoms with Crippen LogP contribution in [0.4, 0.5) is 0 Å². The van der Waals surface area contributed by atoms with Crippen LogP contribution >= 0.6 is 0 Å². The van der Waals surface area contributed by atoms with E-state index in [4.69, 9.17) is 10.5 Å². The highest BCUT2D eigenvalue weighted by Gasteiger charge is 2.18. The lowest BCUT2D eigenvalue weighted by Crippen LogP contribution is -2.35. The van der Waals surface area contributed by atoms with Gasteiger partial charge in [0.2, 0.25) is 10.0 Å². The van der Waals surface area contributed by atoms with Crippen LogP contribution in [0.2, 0.25) is 0 Å². The summed E-state index contributed by atoms with van der Waals surface area (Å²) < 4.78 is 32.3. The Balaban J connectivity index is 2.91. The van der Waals surface area contributed by atoms with Gasteiger partial charge < -0.3 is 10.5 Å². The number of rotatable bonds is 6. The van der Waals surface area contributed by atoms with E-state index >= 15 is 0 Å². The highest BCUT2D eigenvalue weighted by molar-refractivity contribution is 7.89. The van der Waals surface area contributed by atoms with E-state index in [-0.39, 0.29) is 17.5 Å². The molecule has 0 heterocycles. The molecule has 1 rings (SSSR count). The molecule has 0 amide bonds. The van der Waals surface area contributed by atoms with Crippen LogP contribution in [0, 0.1) is 18.8 Å². The van der Waals surface area contributed by atoms with Crippen LogP contribution in [0.25, 0.3) is 0 Å². The smallest absolute Gasteiger partial charge is 0.240 e. The second kappa shape index (κ2) is 8.15. The van der Waals surface area contributed by atoms with Crippen LogP contribution in [0.5, 0.6) is 0 Å². The Kier molecular flexibility index (Phi) is 6.85. The third kappa shape index (κ3) is 5.48. The van der Waals surface area contributed by atoms with E-state index in [1.54, 1.807) is 25.1 Å². The van der Waals surface area contributed by atoms with Crippen LogP contribution in [-0.2, 0) is 14.8 Å². The standard InChI is InChI=1S/C15H22N2O3S/c1-4-20-11-13(3)17-21(18,19)15-8-7-14(6-5-9-16)12(2)10-15/h7-8,10,13,17H,4,9,11,16H2,1-3H3. The van der Waals surface area contributed by atoms with Crippen molar-refractivity contribution in [2.24, 2.45) is 5.73 Å². The first kappa shape index (κ1) is 17.7. The summed E-state index contributed by atoms with van der Waals surface area (Å²) in [6, 6.07) is 4.56. The van der Waals surface area contributed by atoms with Gasteiger partial charge in [0.1, 0.15) is 0 Å². The minimum absolute atomic E-state index is 0.224. The number of benzene rings is 1. The number of nitrogens with one attached hydrogen (secondary N) is 1. The van der Waals surface area contributed by atoms with Crippen molar-refractivity contribution in [2.75, 3.05) is 19.8 Å².